The smallest absolute Gasteiger partial charge is 0.140 e. The van der Waals surface area contributed by atoms with Crippen LogP contribution in [0.4, 0.5) is 0 Å². The maximum absolute atomic E-state index is 9.29. The van der Waals surface area contributed by atoms with Gasteiger partial charge in [0.25, 0.3) is 0 Å². The summed E-state index contributed by atoms with van der Waals surface area (Å²) >= 11 is 0. The highest BCUT2D eigenvalue weighted by Crippen LogP contribution is 2.27. The second kappa shape index (κ2) is 5.45. The van der Waals surface area contributed by atoms with Crippen LogP contribution in [-0.2, 0) is 20.1 Å². The first-order valence-electron chi connectivity index (χ1n) is 6.42. The summed E-state index contributed by atoms with van der Waals surface area (Å²) in [6, 6.07) is 6.07. The van der Waals surface area contributed by atoms with Crippen molar-refractivity contribution in [2.75, 3.05) is 7.11 Å². The predicted molar refractivity (Wildman–Crippen MR) is 75.2 cm³/mol. The van der Waals surface area contributed by atoms with Gasteiger partial charge >= 0.3 is 0 Å². The fourth-order valence-corrected chi connectivity index (χ4v) is 2.24. The van der Waals surface area contributed by atoms with Gasteiger partial charge in [0.05, 0.1) is 19.4 Å². The summed E-state index contributed by atoms with van der Waals surface area (Å²) in [6.45, 7) is 4.03. The molecule has 0 spiro atoms. The summed E-state index contributed by atoms with van der Waals surface area (Å²) < 4.78 is 7.35. The molecule has 4 heteroatoms. The second-order valence-corrected chi connectivity index (χ2v) is 4.56. The molecule has 0 atom stereocenters. The van der Waals surface area contributed by atoms with Crippen LogP contribution < -0.4 is 4.74 Å². The fraction of sp³-hybridized carbons (Fsp3) is 0.400. The molecular formula is C15H20N2O2. The SMILES string of the molecule is CCc1cc(-c2nc(CO)c(C)n2C)ccc1OC. The van der Waals surface area contributed by atoms with Crippen LogP contribution in [0.25, 0.3) is 11.4 Å². The van der Waals surface area contributed by atoms with Gasteiger partial charge in [-0.2, -0.15) is 0 Å². The third kappa shape index (κ3) is 2.36. The zero-order valence-electron chi connectivity index (χ0n) is 11.9. The third-order valence-corrected chi connectivity index (χ3v) is 3.55. The highest BCUT2D eigenvalue weighted by molar-refractivity contribution is 5.60. The lowest BCUT2D eigenvalue weighted by atomic mass is 10.1. The minimum atomic E-state index is -0.0313. The van der Waals surface area contributed by atoms with E-state index in [1.54, 1.807) is 7.11 Å². The molecule has 0 aliphatic rings. The van der Waals surface area contributed by atoms with E-state index in [4.69, 9.17) is 4.74 Å². The molecular weight excluding hydrogens is 240 g/mol. The number of hydrogen-bond donors (Lipinski definition) is 1. The molecule has 2 aromatic rings. The van der Waals surface area contributed by atoms with Gasteiger partial charge in [-0.05, 0) is 37.1 Å². The molecule has 102 valence electrons. The topological polar surface area (TPSA) is 47.3 Å². The van der Waals surface area contributed by atoms with Crippen molar-refractivity contribution in [3.05, 3.63) is 35.2 Å². The molecule has 0 amide bonds. The quantitative estimate of drug-likeness (QED) is 0.918. The molecule has 4 nitrogen and oxygen atoms in total. The van der Waals surface area contributed by atoms with Gasteiger partial charge in [0.1, 0.15) is 11.6 Å². The Bertz CT molecular complexity index is 588. The number of imidazole rings is 1. The van der Waals surface area contributed by atoms with E-state index >= 15 is 0 Å². The summed E-state index contributed by atoms with van der Waals surface area (Å²) in [5.74, 6) is 1.78. The molecule has 0 saturated carbocycles. The summed E-state index contributed by atoms with van der Waals surface area (Å²) in [6.07, 6.45) is 0.910. The van der Waals surface area contributed by atoms with Crippen LogP contribution in [0, 0.1) is 6.92 Å². The van der Waals surface area contributed by atoms with E-state index in [1.807, 2.05) is 30.7 Å². The average molecular weight is 260 g/mol. The molecule has 1 heterocycles. The molecule has 0 aliphatic carbocycles. The largest absolute Gasteiger partial charge is 0.496 e. The Morgan fingerprint density at radius 1 is 1.37 bits per heavy atom. The van der Waals surface area contributed by atoms with Crippen molar-refractivity contribution in [1.29, 1.82) is 0 Å². The van der Waals surface area contributed by atoms with Crippen LogP contribution in [0.2, 0.25) is 0 Å². The van der Waals surface area contributed by atoms with Crippen molar-refractivity contribution in [3.8, 4) is 17.1 Å². The molecule has 0 aliphatic heterocycles. The highest BCUT2D eigenvalue weighted by Gasteiger charge is 2.13. The number of aryl methyl sites for hydroxylation is 1. The first-order valence-corrected chi connectivity index (χ1v) is 6.42. The molecule has 2 rings (SSSR count). The molecule has 0 unspecified atom stereocenters. The zero-order chi connectivity index (χ0) is 14.0. The number of ether oxygens (including phenoxy) is 1. The lowest BCUT2D eigenvalue weighted by Gasteiger charge is -2.09. The van der Waals surface area contributed by atoms with Gasteiger partial charge < -0.3 is 14.4 Å². The van der Waals surface area contributed by atoms with Gasteiger partial charge in [0, 0.05) is 18.3 Å². The van der Waals surface area contributed by atoms with E-state index in [1.165, 1.54) is 0 Å². The molecule has 0 saturated heterocycles. The minimum absolute atomic E-state index is 0.0313. The number of hydrogen-bond acceptors (Lipinski definition) is 3. The average Bonchev–Trinajstić information content (AvgIpc) is 2.74. The minimum Gasteiger partial charge on any atom is -0.496 e. The normalized spacial score (nSPS) is 10.8. The Kier molecular flexibility index (Phi) is 3.90. The van der Waals surface area contributed by atoms with Gasteiger partial charge in [-0.1, -0.05) is 6.92 Å². The Morgan fingerprint density at radius 2 is 2.11 bits per heavy atom. The van der Waals surface area contributed by atoms with Crippen LogP contribution in [0.3, 0.4) is 0 Å². The number of nitrogens with zero attached hydrogens (tertiary/aromatic N) is 2. The van der Waals surface area contributed by atoms with Crippen molar-refractivity contribution in [1.82, 2.24) is 9.55 Å². The van der Waals surface area contributed by atoms with Gasteiger partial charge in [-0.3, -0.25) is 0 Å². The molecule has 0 bridgehead atoms. The summed E-state index contributed by atoms with van der Waals surface area (Å²) in [4.78, 5) is 4.50. The maximum atomic E-state index is 9.29. The van der Waals surface area contributed by atoms with E-state index in [2.05, 4.69) is 18.0 Å². The lowest BCUT2D eigenvalue weighted by molar-refractivity contribution is 0.276. The second-order valence-electron chi connectivity index (χ2n) is 4.56. The third-order valence-electron chi connectivity index (χ3n) is 3.55. The van der Waals surface area contributed by atoms with Crippen molar-refractivity contribution >= 4 is 0 Å². The highest BCUT2D eigenvalue weighted by atomic mass is 16.5. The molecule has 0 fully saturated rings. The van der Waals surface area contributed by atoms with Crippen LogP contribution in [0.1, 0.15) is 23.9 Å². The number of rotatable bonds is 4. The Hall–Kier alpha value is -1.81. The molecule has 1 aromatic carbocycles. The lowest BCUT2D eigenvalue weighted by Crippen LogP contribution is -1.97. The number of methoxy groups -OCH3 is 1. The van der Waals surface area contributed by atoms with Crippen LogP contribution in [-0.4, -0.2) is 21.8 Å². The van der Waals surface area contributed by atoms with E-state index in [-0.39, 0.29) is 6.61 Å². The maximum Gasteiger partial charge on any atom is 0.140 e. The summed E-state index contributed by atoms with van der Waals surface area (Å²) in [5, 5.41) is 9.29. The molecule has 1 aromatic heterocycles. The van der Waals surface area contributed by atoms with Crippen molar-refractivity contribution in [2.45, 2.75) is 26.9 Å². The number of benzene rings is 1. The zero-order valence-corrected chi connectivity index (χ0v) is 11.9. The van der Waals surface area contributed by atoms with E-state index < -0.39 is 0 Å². The van der Waals surface area contributed by atoms with Crippen LogP contribution in [0.15, 0.2) is 18.2 Å². The first kappa shape index (κ1) is 13.6. The summed E-state index contributed by atoms with van der Waals surface area (Å²) in [7, 11) is 3.65. The fourth-order valence-electron chi connectivity index (χ4n) is 2.24. The molecule has 1 N–H and O–H groups in total. The van der Waals surface area contributed by atoms with Gasteiger partial charge in [-0.25, -0.2) is 4.98 Å². The number of aromatic nitrogens is 2. The number of aliphatic hydroxyl groups is 1. The van der Waals surface area contributed by atoms with Gasteiger partial charge in [-0.15, -0.1) is 0 Å². The first-order chi connectivity index (χ1) is 9.12. The van der Waals surface area contributed by atoms with Crippen molar-refractivity contribution < 1.29 is 9.84 Å². The Morgan fingerprint density at radius 3 is 2.63 bits per heavy atom. The monoisotopic (exact) mass is 260 g/mol. The van der Waals surface area contributed by atoms with Crippen molar-refractivity contribution in [3.63, 3.8) is 0 Å². The molecule has 0 radical (unpaired) electrons. The standard InChI is InChI=1S/C15H20N2O2/c1-5-11-8-12(6-7-14(11)19-4)15-16-13(9-18)10(2)17(15)3/h6-8,18H,5,9H2,1-4H3. The van der Waals surface area contributed by atoms with E-state index in [0.29, 0.717) is 0 Å². The summed E-state index contributed by atoms with van der Waals surface area (Å²) in [5.41, 5.74) is 3.92. The van der Waals surface area contributed by atoms with E-state index in [0.717, 1.165) is 40.5 Å². The van der Waals surface area contributed by atoms with Crippen LogP contribution >= 0.6 is 0 Å². The van der Waals surface area contributed by atoms with Crippen LogP contribution in [0.5, 0.6) is 5.75 Å². The number of aliphatic hydroxyl groups excluding tert-OH is 1. The van der Waals surface area contributed by atoms with Gasteiger partial charge in [0.2, 0.25) is 0 Å². The predicted octanol–water partition coefficient (Wildman–Crippen LogP) is 2.46. The van der Waals surface area contributed by atoms with Crippen molar-refractivity contribution in [2.24, 2.45) is 7.05 Å². The molecule has 19 heavy (non-hydrogen) atoms. The Balaban J connectivity index is 2.53. The Labute approximate surface area is 113 Å². The van der Waals surface area contributed by atoms with E-state index in [9.17, 15) is 5.11 Å². The van der Waals surface area contributed by atoms with Gasteiger partial charge in [0.15, 0.2) is 0 Å².